The Labute approximate surface area is 293 Å². The van der Waals surface area contributed by atoms with Gasteiger partial charge in [0.2, 0.25) is 0 Å². The Morgan fingerprint density at radius 2 is 1.35 bits per heavy atom. The lowest BCUT2D eigenvalue weighted by Gasteiger charge is -2.59. The van der Waals surface area contributed by atoms with Crippen LogP contribution in [0.15, 0.2) is 99.6 Å². The van der Waals surface area contributed by atoms with Gasteiger partial charge in [0.15, 0.2) is 14.7 Å². The van der Waals surface area contributed by atoms with Gasteiger partial charge in [0.1, 0.15) is 18.0 Å². The highest BCUT2D eigenvalue weighted by Crippen LogP contribution is 2.59. The molecule has 4 saturated carbocycles. The maximum absolute atomic E-state index is 12.0. The van der Waals surface area contributed by atoms with Crippen molar-refractivity contribution in [3.63, 3.8) is 0 Å². The first-order chi connectivity index (χ1) is 23.2. The summed E-state index contributed by atoms with van der Waals surface area (Å²) in [6, 6.07) is 25.2. The molecule has 0 unspecified atom stereocenters. The van der Waals surface area contributed by atoms with Gasteiger partial charge in [-0.3, -0.25) is 0 Å². The van der Waals surface area contributed by atoms with Crippen LogP contribution in [0.2, 0.25) is 0 Å². The molecule has 0 atom stereocenters. The van der Waals surface area contributed by atoms with E-state index in [2.05, 4.69) is 67.2 Å². The third-order valence-corrected chi connectivity index (χ3v) is 12.8. The Kier molecular flexibility index (Phi) is 11.7. The fourth-order valence-corrected chi connectivity index (χ4v) is 10.4. The lowest BCUT2D eigenvalue weighted by molar-refractivity contribution is -0.206. The van der Waals surface area contributed by atoms with Crippen LogP contribution in [-0.2, 0) is 40.1 Å². The molecule has 0 aromatic heterocycles. The largest absolute Gasteiger partial charge is 0.748 e. The summed E-state index contributed by atoms with van der Waals surface area (Å²) in [4.78, 5) is 27.7. The van der Waals surface area contributed by atoms with E-state index in [1.807, 2.05) is 32.9 Å². The van der Waals surface area contributed by atoms with Crippen molar-refractivity contribution in [2.24, 2.45) is 23.7 Å². The van der Waals surface area contributed by atoms with E-state index in [9.17, 15) is 22.6 Å². The standard InChI is InChI=1S/C24H23O2S.C15H24O6S/c1-17(2)24(25)26-23-18(3)15-22(16-19(23)4)27(20-11-7-5-8-12-20)21-13-9-6-10-14-21;1-15(21-14(16)9-20-2-3-22(17,18)19)12-5-10-4-11(7-12)8-13(15)6-10/h5-16H,1H2,2-4H3;10-13H,2-9H2,1H3,(H,17,18,19)/q+1;/p-1. The average molecular weight is 707 g/mol. The van der Waals surface area contributed by atoms with E-state index in [-0.39, 0.29) is 30.1 Å². The Bertz CT molecular complexity index is 1660. The van der Waals surface area contributed by atoms with Gasteiger partial charge in [-0.1, -0.05) is 43.0 Å². The molecule has 0 amide bonds. The Morgan fingerprint density at radius 1 is 0.857 bits per heavy atom. The molecule has 3 aromatic carbocycles. The molecule has 3 aromatic rings. The molecule has 10 heteroatoms. The minimum absolute atomic E-state index is 0.223. The van der Waals surface area contributed by atoms with Gasteiger partial charge in [0, 0.05) is 17.7 Å². The maximum Gasteiger partial charge on any atom is 0.338 e. The summed E-state index contributed by atoms with van der Waals surface area (Å²) in [6.07, 6.45) is 5.92. The lowest BCUT2D eigenvalue weighted by Crippen LogP contribution is -2.58. The first-order valence-electron chi connectivity index (χ1n) is 16.8. The van der Waals surface area contributed by atoms with Crippen LogP contribution in [0.5, 0.6) is 5.75 Å². The van der Waals surface area contributed by atoms with E-state index in [1.165, 1.54) is 21.1 Å². The third-order valence-electron chi connectivity index (χ3n) is 9.96. The van der Waals surface area contributed by atoms with Gasteiger partial charge in [-0.15, -0.1) is 0 Å². The summed E-state index contributed by atoms with van der Waals surface area (Å²) >= 11 is 0. The van der Waals surface area contributed by atoms with E-state index < -0.39 is 27.4 Å². The zero-order chi connectivity index (χ0) is 35.3. The second-order valence-electron chi connectivity index (χ2n) is 13.8. The van der Waals surface area contributed by atoms with E-state index in [0.717, 1.165) is 48.6 Å². The second-order valence-corrected chi connectivity index (χ2v) is 17.3. The van der Waals surface area contributed by atoms with E-state index in [4.69, 9.17) is 14.2 Å². The summed E-state index contributed by atoms with van der Waals surface area (Å²) in [5.74, 6) is 1.63. The fraction of sp³-hybridized carbons (Fsp3) is 0.436. The number of carbonyl (C=O) groups is 2. The zero-order valence-corrected chi connectivity index (χ0v) is 30.3. The van der Waals surface area contributed by atoms with Crippen molar-refractivity contribution in [3.8, 4) is 5.75 Å². The van der Waals surface area contributed by atoms with E-state index in [0.29, 0.717) is 23.2 Å². The summed E-state index contributed by atoms with van der Waals surface area (Å²) in [5.41, 5.74) is 1.89. The Morgan fingerprint density at radius 3 is 1.80 bits per heavy atom. The van der Waals surface area contributed by atoms with Gasteiger partial charge in [0.05, 0.1) is 33.4 Å². The number of hydrogen-bond donors (Lipinski definition) is 0. The van der Waals surface area contributed by atoms with Crippen LogP contribution in [0.25, 0.3) is 0 Å². The topological polar surface area (TPSA) is 119 Å². The normalized spacial score (nSPS) is 23.8. The van der Waals surface area contributed by atoms with E-state index in [1.54, 1.807) is 6.92 Å². The SMILES string of the molecule is C=C(C)C(=O)Oc1c(C)cc([S+](c2ccccc2)c2ccccc2)cc1C.CC1(OC(=O)COCCS(=O)(=O)[O-])C2CC3CC(C2)CC1C3. The monoisotopic (exact) mass is 706 g/mol. The molecule has 262 valence electrons. The van der Waals surface area contributed by atoms with Crippen LogP contribution in [0.4, 0.5) is 0 Å². The first kappa shape index (κ1) is 36.8. The Hall–Kier alpha value is -3.44. The molecular formula is C39H46O8S2. The van der Waals surface area contributed by atoms with Crippen molar-refractivity contribution < 1.29 is 36.8 Å². The molecule has 0 saturated heterocycles. The smallest absolute Gasteiger partial charge is 0.338 e. The molecule has 49 heavy (non-hydrogen) atoms. The van der Waals surface area contributed by atoms with Crippen molar-refractivity contribution in [1.82, 2.24) is 0 Å². The van der Waals surface area contributed by atoms with Gasteiger partial charge in [0.25, 0.3) is 0 Å². The lowest BCUT2D eigenvalue weighted by atomic mass is 9.50. The van der Waals surface area contributed by atoms with Crippen LogP contribution in [0.3, 0.4) is 0 Å². The maximum atomic E-state index is 12.0. The van der Waals surface area contributed by atoms with Gasteiger partial charge >= 0.3 is 11.9 Å². The van der Waals surface area contributed by atoms with Crippen LogP contribution in [0, 0.1) is 37.5 Å². The number of carbonyl (C=O) groups excluding carboxylic acids is 2. The number of hydrogen-bond acceptors (Lipinski definition) is 8. The van der Waals surface area contributed by atoms with Gasteiger partial charge < -0.3 is 18.8 Å². The minimum Gasteiger partial charge on any atom is -0.748 e. The number of esters is 2. The molecule has 0 spiro atoms. The van der Waals surface area contributed by atoms with Crippen LogP contribution >= 0.6 is 0 Å². The molecular weight excluding hydrogens is 661 g/mol. The predicted octanol–water partition coefficient (Wildman–Crippen LogP) is 7.19. The highest BCUT2D eigenvalue weighted by atomic mass is 32.2. The van der Waals surface area contributed by atoms with Crippen molar-refractivity contribution in [1.29, 1.82) is 0 Å². The van der Waals surface area contributed by atoms with Crippen LogP contribution < -0.4 is 4.74 Å². The summed E-state index contributed by atoms with van der Waals surface area (Å²) in [6.45, 7) is 10.8. The van der Waals surface area contributed by atoms with Crippen LogP contribution in [0.1, 0.15) is 57.1 Å². The van der Waals surface area contributed by atoms with Gasteiger partial charge in [-0.05, 0) is 119 Å². The molecule has 0 radical (unpaired) electrons. The van der Waals surface area contributed by atoms with Crippen molar-refractivity contribution in [2.45, 2.75) is 80.1 Å². The zero-order valence-electron chi connectivity index (χ0n) is 28.7. The number of ether oxygens (including phenoxy) is 3. The molecule has 4 aliphatic rings. The van der Waals surface area contributed by atoms with Crippen molar-refractivity contribution >= 4 is 33.0 Å². The van der Waals surface area contributed by atoms with Crippen molar-refractivity contribution in [2.75, 3.05) is 19.0 Å². The van der Waals surface area contributed by atoms with Crippen molar-refractivity contribution in [3.05, 3.63) is 96.1 Å². The van der Waals surface area contributed by atoms with Crippen LogP contribution in [-0.4, -0.2) is 49.5 Å². The van der Waals surface area contributed by atoms with Gasteiger partial charge in [-0.2, -0.15) is 0 Å². The van der Waals surface area contributed by atoms with E-state index >= 15 is 0 Å². The summed E-state index contributed by atoms with van der Waals surface area (Å²) < 4.78 is 47.6. The summed E-state index contributed by atoms with van der Waals surface area (Å²) in [5, 5.41) is 0. The molecule has 4 bridgehead atoms. The minimum atomic E-state index is -4.30. The summed E-state index contributed by atoms with van der Waals surface area (Å²) in [7, 11) is -4.53. The molecule has 7 rings (SSSR count). The molecule has 8 nitrogen and oxygen atoms in total. The highest BCUT2D eigenvalue weighted by Gasteiger charge is 2.57. The number of aryl methyl sites for hydroxylation is 2. The molecule has 0 aliphatic heterocycles. The third kappa shape index (κ3) is 9.22. The quantitative estimate of drug-likeness (QED) is 0.0514. The molecule has 0 heterocycles. The fourth-order valence-electron chi connectivity index (χ4n) is 7.77. The van der Waals surface area contributed by atoms with Gasteiger partial charge in [-0.25, -0.2) is 18.0 Å². The highest BCUT2D eigenvalue weighted by molar-refractivity contribution is 7.97. The number of benzene rings is 3. The number of rotatable bonds is 11. The average Bonchev–Trinajstić information content (AvgIpc) is 3.04. The Balaban J connectivity index is 0.000000195. The second kappa shape index (κ2) is 15.6. The first-order valence-corrected chi connectivity index (χ1v) is 19.6. The predicted molar refractivity (Wildman–Crippen MR) is 188 cm³/mol. The molecule has 4 aliphatic carbocycles. The molecule has 4 fully saturated rings. The molecule has 0 N–H and O–H groups in total.